The Morgan fingerprint density at radius 2 is 1.64 bits per heavy atom. The predicted octanol–water partition coefficient (Wildman–Crippen LogP) is 3.63. The van der Waals surface area contributed by atoms with Crippen LogP contribution in [0.1, 0.15) is 43.8 Å². The molecule has 3 aromatic rings. The second-order valence-corrected chi connectivity index (χ2v) is 11.2. The lowest BCUT2D eigenvalue weighted by molar-refractivity contribution is -0.134. The van der Waals surface area contributed by atoms with E-state index in [1.165, 1.54) is 17.5 Å². The number of hydrogen-bond donors (Lipinski definition) is 0. The summed E-state index contributed by atoms with van der Waals surface area (Å²) in [6, 6.07) is 15.7. The molecule has 2 aromatic carbocycles. The summed E-state index contributed by atoms with van der Waals surface area (Å²) >= 11 is 0. The summed E-state index contributed by atoms with van der Waals surface area (Å²) in [5.41, 5.74) is 2.62. The van der Waals surface area contributed by atoms with Crippen LogP contribution in [0.3, 0.4) is 0 Å². The van der Waals surface area contributed by atoms with Gasteiger partial charge >= 0.3 is 0 Å². The summed E-state index contributed by atoms with van der Waals surface area (Å²) in [6.07, 6.45) is 1.07. The molecule has 3 rings (SSSR count). The Bertz CT molecular complexity index is 1200. The van der Waals surface area contributed by atoms with Crippen molar-refractivity contribution in [3.63, 3.8) is 0 Å². The fraction of sp³-hybridized carbons (Fsp3) is 0.375. The summed E-state index contributed by atoms with van der Waals surface area (Å²) in [5, 5.41) is 4.04. The number of nitrogens with zero attached hydrogens (tertiary/aromatic N) is 4. The van der Waals surface area contributed by atoms with E-state index in [4.69, 9.17) is 4.52 Å². The molecule has 1 amide bonds. The number of benzene rings is 2. The fourth-order valence-corrected chi connectivity index (χ4v) is 3.97. The zero-order valence-corrected chi connectivity index (χ0v) is 20.6. The number of carbonyl (C=O) groups excluding carboxylic acids is 1. The van der Waals surface area contributed by atoms with Crippen molar-refractivity contribution in [2.24, 2.45) is 0 Å². The lowest BCUT2D eigenvalue weighted by Gasteiger charge is -2.29. The van der Waals surface area contributed by atoms with Crippen molar-refractivity contribution >= 4 is 15.9 Å². The molecule has 9 heteroatoms. The van der Waals surface area contributed by atoms with Crippen LogP contribution < -0.4 is 0 Å². The third-order valence-electron chi connectivity index (χ3n) is 5.46. The molecule has 176 valence electrons. The predicted molar refractivity (Wildman–Crippen MR) is 127 cm³/mol. The van der Waals surface area contributed by atoms with Gasteiger partial charge in [0, 0.05) is 19.7 Å². The van der Waals surface area contributed by atoms with Crippen molar-refractivity contribution in [2.75, 3.05) is 20.4 Å². The van der Waals surface area contributed by atoms with Crippen LogP contribution >= 0.6 is 0 Å². The highest BCUT2D eigenvalue weighted by Gasteiger charge is 2.33. The largest absolute Gasteiger partial charge is 0.337 e. The van der Waals surface area contributed by atoms with Gasteiger partial charge in [-0.2, -0.15) is 9.29 Å². The summed E-state index contributed by atoms with van der Waals surface area (Å²) in [5.74, 6) is 0.289. The van der Waals surface area contributed by atoms with Gasteiger partial charge in [-0.1, -0.05) is 80.5 Å². The maximum atomic E-state index is 13.3. The van der Waals surface area contributed by atoms with Gasteiger partial charge in [-0.3, -0.25) is 4.79 Å². The molecule has 0 fully saturated rings. The number of carbonyl (C=O) groups is 1. The van der Waals surface area contributed by atoms with Crippen LogP contribution in [0.25, 0.3) is 11.4 Å². The Morgan fingerprint density at radius 1 is 1.03 bits per heavy atom. The minimum atomic E-state index is -3.61. The highest BCUT2D eigenvalue weighted by atomic mass is 32.2. The summed E-state index contributed by atoms with van der Waals surface area (Å²) in [7, 11) is -0.640. The number of aromatic nitrogens is 2. The Hall–Kier alpha value is -3.04. The molecule has 1 heterocycles. The Balaban J connectivity index is 1.79. The Morgan fingerprint density at radius 3 is 2.18 bits per heavy atom. The first-order valence-electron chi connectivity index (χ1n) is 10.5. The molecule has 0 radical (unpaired) electrons. The van der Waals surface area contributed by atoms with Gasteiger partial charge in [0.2, 0.25) is 27.6 Å². The number of amides is 1. The van der Waals surface area contributed by atoms with Crippen LogP contribution in [0.4, 0.5) is 0 Å². The van der Waals surface area contributed by atoms with Crippen LogP contribution in [0.2, 0.25) is 0 Å². The summed E-state index contributed by atoms with van der Waals surface area (Å²) in [6.45, 7) is 6.48. The molecular formula is C24H30N4O4S. The van der Waals surface area contributed by atoms with Crippen LogP contribution in [0.5, 0.6) is 0 Å². The zero-order chi connectivity index (χ0) is 24.4. The van der Waals surface area contributed by atoms with E-state index in [0.717, 1.165) is 16.1 Å². The second-order valence-electron chi connectivity index (χ2n) is 9.13. The normalized spacial score (nSPS) is 13.2. The van der Waals surface area contributed by atoms with E-state index in [9.17, 15) is 13.2 Å². The molecule has 0 N–H and O–H groups in total. The zero-order valence-electron chi connectivity index (χ0n) is 19.8. The minimum Gasteiger partial charge on any atom is -0.337 e. The number of hydrogen-bond acceptors (Lipinski definition) is 6. The van der Waals surface area contributed by atoms with Gasteiger partial charge in [-0.05, 0) is 16.5 Å². The van der Waals surface area contributed by atoms with Crippen LogP contribution in [0.15, 0.2) is 59.1 Å². The number of rotatable bonds is 7. The molecule has 0 aliphatic heterocycles. The third-order valence-corrected chi connectivity index (χ3v) is 6.72. The first-order valence-corrected chi connectivity index (χ1v) is 12.4. The lowest BCUT2D eigenvalue weighted by Crippen LogP contribution is -2.41. The maximum absolute atomic E-state index is 13.3. The van der Waals surface area contributed by atoms with Gasteiger partial charge in [0.1, 0.15) is 6.04 Å². The van der Waals surface area contributed by atoms with E-state index in [1.54, 1.807) is 31.3 Å². The smallest absolute Gasteiger partial charge is 0.246 e. The standard InChI is InChI=1S/C24H30N4O4S/c1-24(2,3)19-14-12-18(13-15-19)22-25-20(32-26-22)16-27(4)23(29)21(28(5)33(6,30)31)17-10-8-7-9-11-17/h7-15,21H,16H2,1-6H3/t21-/m0/s1. The second kappa shape index (κ2) is 9.44. The van der Waals surface area contributed by atoms with Crippen LogP contribution in [-0.2, 0) is 26.8 Å². The minimum absolute atomic E-state index is 0.0401. The summed E-state index contributed by atoms with van der Waals surface area (Å²) in [4.78, 5) is 19.1. The average Bonchev–Trinajstić information content (AvgIpc) is 3.22. The van der Waals surface area contributed by atoms with Crippen molar-refractivity contribution in [2.45, 2.75) is 38.8 Å². The van der Waals surface area contributed by atoms with Crippen molar-refractivity contribution in [3.05, 3.63) is 71.6 Å². The quantitative estimate of drug-likeness (QED) is 0.523. The van der Waals surface area contributed by atoms with Gasteiger partial charge < -0.3 is 9.42 Å². The molecule has 0 aliphatic carbocycles. The van der Waals surface area contributed by atoms with Crippen LogP contribution in [0, 0.1) is 0 Å². The topological polar surface area (TPSA) is 96.6 Å². The van der Waals surface area contributed by atoms with Crippen molar-refractivity contribution in [3.8, 4) is 11.4 Å². The SMILES string of the molecule is CN(Cc1nc(-c2ccc(C(C)(C)C)cc2)no1)C(=O)[C@H](c1ccccc1)N(C)S(C)(=O)=O. The highest BCUT2D eigenvalue weighted by molar-refractivity contribution is 7.88. The van der Waals surface area contributed by atoms with Crippen molar-refractivity contribution in [1.82, 2.24) is 19.3 Å². The van der Waals surface area contributed by atoms with Crippen LogP contribution in [-0.4, -0.2) is 54.0 Å². The molecular weight excluding hydrogens is 440 g/mol. The number of sulfonamides is 1. The van der Waals surface area contributed by atoms with Crippen molar-refractivity contribution < 1.29 is 17.7 Å². The van der Waals surface area contributed by atoms with Crippen molar-refractivity contribution in [1.29, 1.82) is 0 Å². The van der Waals surface area contributed by atoms with E-state index in [-0.39, 0.29) is 17.9 Å². The molecule has 8 nitrogen and oxygen atoms in total. The molecule has 33 heavy (non-hydrogen) atoms. The summed E-state index contributed by atoms with van der Waals surface area (Å²) < 4.78 is 30.8. The van der Waals surface area contributed by atoms with Gasteiger partial charge in [-0.25, -0.2) is 8.42 Å². The van der Waals surface area contributed by atoms with Gasteiger partial charge in [0.15, 0.2) is 0 Å². The van der Waals surface area contributed by atoms with E-state index in [1.807, 2.05) is 30.3 Å². The van der Waals surface area contributed by atoms with E-state index >= 15 is 0 Å². The molecule has 0 bridgehead atoms. The monoisotopic (exact) mass is 470 g/mol. The average molecular weight is 471 g/mol. The van der Waals surface area contributed by atoms with Gasteiger partial charge in [0.05, 0.1) is 12.8 Å². The Kier molecular flexibility index (Phi) is 7.04. The first-order chi connectivity index (χ1) is 15.4. The maximum Gasteiger partial charge on any atom is 0.246 e. The molecule has 0 aliphatic rings. The van der Waals surface area contributed by atoms with E-state index in [0.29, 0.717) is 11.4 Å². The highest BCUT2D eigenvalue weighted by Crippen LogP contribution is 2.26. The Labute approximate surface area is 195 Å². The molecule has 0 spiro atoms. The first kappa shape index (κ1) is 24.6. The number of likely N-dealkylation sites (N-methyl/N-ethyl adjacent to an activating group) is 2. The van der Waals surface area contributed by atoms with Gasteiger partial charge in [-0.15, -0.1) is 0 Å². The molecule has 1 aromatic heterocycles. The molecule has 0 unspecified atom stereocenters. The van der Waals surface area contributed by atoms with E-state index < -0.39 is 22.0 Å². The van der Waals surface area contributed by atoms with Gasteiger partial charge in [0.25, 0.3) is 0 Å². The molecule has 0 saturated carbocycles. The molecule has 0 saturated heterocycles. The third kappa shape index (κ3) is 5.85. The molecule has 1 atom stereocenters. The fourth-order valence-electron chi connectivity index (χ4n) is 3.38. The lowest BCUT2D eigenvalue weighted by atomic mass is 9.87. The van der Waals surface area contributed by atoms with E-state index in [2.05, 4.69) is 30.9 Å².